The summed E-state index contributed by atoms with van der Waals surface area (Å²) in [6.07, 6.45) is 0.814. The molecular weight excluding hydrogens is 320 g/mol. The molecule has 0 fully saturated rings. The Bertz CT molecular complexity index is 844. The van der Waals surface area contributed by atoms with Crippen LogP contribution < -0.4 is 10.1 Å². The molecule has 0 bridgehead atoms. The number of rotatable bonds is 5. The quantitative estimate of drug-likeness (QED) is 0.754. The molecular formula is C19H18N2O2S. The van der Waals surface area contributed by atoms with Crippen LogP contribution in [0.2, 0.25) is 0 Å². The van der Waals surface area contributed by atoms with E-state index < -0.39 is 0 Å². The number of hydrogen-bond donors (Lipinski definition) is 1. The topological polar surface area (TPSA) is 51.2 Å². The molecule has 1 aromatic heterocycles. The van der Waals surface area contributed by atoms with Crippen LogP contribution in [-0.4, -0.2) is 18.0 Å². The van der Waals surface area contributed by atoms with Crippen molar-refractivity contribution in [3.8, 4) is 5.75 Å². The summed E-state index contributed by atoms with van der Waals surface area (Å²) < 4.78 is 5.23. The summed E-state index contributed by atoms with van der Waals surface area (Å²) in [5, 5.41) is 3.47. The molecule has 0 aliphatic carbocycles. The van der Waals surface area contributed by atoms with Gasteiger partial charge < -0.3 is 4.74 Å². The number of benzene rings is 2. The zero-order valence-electron chi connectivity index (χ0n) is 13.6. The molecule has 3 aromatic rings. The van der Waals surface area contributed by atoms with Crippen LogP contribution in [0.15, 0.2) is 54.6 Å². The molecule has 2 aromatic carbocycles. The van der Waals surface area contributed by atoms with Gasteiger partial charge in [0, 0.05) is 11.3 Å². The van der Waals surface area contributed by atoms with Crippen molar-refractivity contribution in [2.75, 3.05) is 12.4 Å². The summed E-state index contributed by atoms with van der Waals surface area (Å²) >= 11 is 1.51. The zero-order valence-corrected chi connectivity index (χ0v) is 14.4. The Kier molecular flexibility index (Phi) is 4.91. The van der Waals surface area contributed by atoms with Crippen molar-refractivity contribution in [2.24, 2.45) is 0 Å². The van der Waals surface area contributed by atoms with Crippen LogP contribution in [0, 0.1) is 6.92 Å². The molecule has 0 aliphatic heterocycles. The molecule has 0 unspecified atom stereocenters. The zero-order chi connectivity index (χ0) is 16.9. The average Bonchev–Trinajstić information content (AvgIpc) is 2.94. The normalized spacial score (nSPS) is 10.4. The Morgan fingerprint density at radius 2 is 1.83 bits per heavy atom. The van der Waals surface area contributed by atoms with E-state index in [4.69, 9.17) is 4.74 Å². The molecule has 0 saturated heterocycles. The fourth-order valence-corrected chi connectivity index (χ4v) is 3.42. The van der Waals surface area contributed by atoms with Crippen molar-refractivity contribution < 1.29 is 9.53 Å². The van der Waals surface area contributed by atoms with Crippen molar-refractivity contribution in [3.63, 3.8) is 0 Å². The van der Waals surface area contributed by atoms with E-state index in [-0.39, 0.29) is 5.91 Å². The van der Waals surface area contributed by atoms with Gasteiger partial charge in [0.15, 0.2) is 5.13 Å². The third-order valence-electron chi connectivity index (χ3n) is 3.67. The van der Waals surface area contributed by atoms with Gasteiger partial charge in [-0.2, -0.15) is 0 Å². The number of nitrogens with zero attached hydrogens (tertiary/aromatic N) is 1. The monoisotopic (exact) mass is 338 g/mol. The average molecular weight is 338 g/mol. The number of aryl methyl sites for hydroxylation is 1. The van der Waals surface area contributed by atoms with Gasteiger partial charge in [-0.25, -0.2) is 4.98 Å². The molecule has 0 spiro atoms. The first kappa shape index (κ1) is 16.2. The van der Waals surface area contributed by atoms with Crippen LogP contribution in [0.25, 0.3) is 0 Å². The van der Waals surface area contributed by atoms with E-state index in [1.165, 1.54) is 16.9 Å². The lowest BCUT2D eigenvalue weighted by Crippen LogP contribution is -2.12. The second-order valence-corrected chi connectivity index (χ2v) is 6.43. The maximum atomic E-state index is 12.4. The van der Waals surface area contributed by atoms with Gasteiger partial charge in [0.05, 0.1) is 18.4 Å². The first-order chi connectivity index (χ1) is 11.7. The molecule has 1 amide bonds. The minimum Gasteiger partial charge on any atom is -0.496 e. The van der Waals surface area contributed by atoms with Crippen LogP contribution in [-0.2, 0) is 6.42 Å². The Labute approximate surface area is 145 Å². The molecule has 4 nitrogen and oxygen atoms in total. The van der Waals surface area contributed by atoms with Gasteiger partial charge in [0.25, 0.3) is 5.91 Å². The van der Waals surface area contributed by atoms with Gasteiger partial charge in [-0.05, 0) is 24.6 Å². The molecule has 5 heteroatoms. The summed E-state index contributed by atoms with van der Waals surface area (Å²) in [5.74, 6) is 0.334. The molecule has 24 heavy (non-hydrogen) atoms. The number of carbonyl (C=O) groups excluding carboxylic acids is 1. The van der Waals surface area contributed by atoms with E-state index in [0.29, 0.717) is 16.4 Å². The van der Waals surface area contributed by atoms with E-state index in [2.05, 4.69) is 22.4 Å². The van der Waals surface area contributed by atoms with E-state index in [1.54, 1.807) is 19.2 Å². The highest BCUT2D eigenvalue weighted by molar-refractivity contribution is 7.15. The van der Waals surface area contributed by atoms with Crippen molar-refractivity contribution in [3.05, 3.63) is 76.3 Å². The van der Waals surface area contributed by atoms with Crippen LogP contribution in [0.4, 0.5) is 5.13 Å². The molecule has 0 saturated carbocycles. The first-order valence-corrected chi connectivity index (χ1v) is 8.43. The number of nitrogens with one attached hydrogen (secondary N) is 1. The largest absolute Gasteiger partial charge is 0.496 e. The second-order valence-electron chi connectivity index (χ2n) is 5.34. The van der Waals surface area contributed by atoms with E-state index >= 15 is 0 Å². The fraction of sp³-hybridized carbons (Fsp3) is 0.158. The number of anilines is 1. The maximum absolute atomic E-state index is 12.4. The standard InChI is InChI=1S/C19H18N2O2S/c1-13-17(12-14-8-4-3-5-9-14)24-19(20-13)21-18(22)15-10-6-7-11-16(15)23-2/h3-11H,12H2,1-2H3,(H,20,21,22). The predicted octanol–water partition coefficient (Wildman–Crippen LogP) is 4.30. The fourth-order valence-electron chi connectivity index (χ4n) is 2.42. The predicted molar refractivity (Wildman–Crippen MR) is 97.0 cm³/mol. The lowest BCUT2D eigenvalue weighted by atomic mass is 10.1. The molecule has 122 valence electrons. The van der Waals surface area contributed by atoms with Crippen LogP contribution in [0.1, 0.15) is 26.5 Å². The minimum absolute atomic E-state index is 0.215. The third-order valence-corrected chi connectivity index (χ3v) is 4.75. The number of aromatic nitrogens is 1. The summed E-state index contributed by atoms with van der Waals surface area (Å²) in [6, 6.07) is 17.4. The smallest absolute Gasteiger partial charge is 0.261 e. The maximum Gasteiger partial charge on any atom is 0.261 e. The van der Waals surface area contributed by atoms with E-state index in [9.17, 15) is 4.79 Å². The van der Waals surface area contributed by atoms with Crippen molar-refractivity contribution in [1.82, 2.24) is 4.98 Å². The Morgan fingerprint density at radius 1 is 1.12 bits per heavy atom. The van der Waals surface area contributed by atoms with Crippen molar-refractivity contribution in [1.29, 1.82) is 0 Å². The molecule has 0 radical (unpaired) electrons. The van der Waals surface area contributed by atoms with Crippen molar-refractivity contribution in [2.45, 2.75) is 13.3 Å². The highest BCUT2D eigenvalue weighted by Crippen LogP contribution is 2.26. The number of carbonyl (C=O) groups is 1. The second kappa shape index (κ2) is 7.27. The summed E-state index contributed by atoms with van der Waals surface area (Å²) in [5.41, 5.74) is 2.67. The highest BCUT2D eigenvalue weighted by Gasteiger charge is 2.15. The Morgan fingerprint density at radius 3 is 2.58 bits per heavy atom. The van der Waals surface area contributed by atoms with Gasteiger partial charge in [-0.15, -0.1) is 11.3 Å². The molecule has 1 heterocycles. The van der Waals surface area contributed by atoms with E-state index in [0.717, 1.165) is 17.0 Å². The van der Waals surface area contributed by atoms with Crippen LogP contribution in [0.5, 0.6) is 5.75 Å². The molecule has 3 rings (SSSR count). The van der Waals surface area contributed by atoms with Gasteiger partial charge in [0.1, 0.15) is 5.75 Å². The summed E-state index contributed by atoms with van der Waals surface area (Å²) in [4.78, 5) is 18.1. The lowest BCUT2D eigenvalue weighted by Gasteiger charge is -2.06. The summed E-state index contributed by atoms with van der Waals surface area (Å²) in [7, 11) is 1.55. The number of amides is 1. The van der Waals surface area contributed by atoms with Gasteiger partial charge in [0.2, 0.25) is 0 Å². The SMILES string of the molecule is COc1ccccc1C(=O)Nc1nc(C)c(Cc2ccccc2)s1. The van der Waals surface area contributed by atoms with Crippen LogP contribution >= 0.6 is 11.3 Å². The molecule has 0 aliphatic rings. The number of thiazole rings is 1. The number of methoxy groups -OCH3 is 1. The first-order valence-electron chi connectivity index (χ1n) is 7.62. The lowest BCUT2D eigenvalue weighted by molar-refractivity contribution is 0.102. The molecule has 0 atom stereocenters. The Balaban J connectivity index is 1.76. The van der Waals surface area contributed by atoms with Gasteiger partial charge in [-0.1, -0.05) is 42.5 Å². The van der Waals surface area contributed by atoms with Gasteiger partial charge >= 0.3 is 0 Å². The Hall–Kier alpha value is -2.66. The van der Waals surface area contributed by atoms with Crippen LogP contribution in [0.3, 0.4) is 0 Å². The summed E-state index contributed by atoms with van der Waals surface area (Å²) in [6.45, 7) is 1.97. The van der Waals surface area contributed by atoms with Crippen molar-refractivity contribution >= 4 is 22.4 Å². The van der Waals surface area contributed by atoms with E-state index in [1.807, 2.05) is 37.3 Å². The third kappa shape index (κ3) is 3.63. The number of ether oxygens (including phenoxy) is 1. The molecule has 1 N–H and O–H groups in total. The highest BCUT2D eigenvalue weighted by atomic mass is 32.1. The minimum atomic E-state index is -0.215. The number of para-hydroxylation sites is 1. The number of hydrogen-bond acceptors (Lipinski definition) is 4. The van der Waals surface area contributed by atoms with Gasteiger partial charge in [-0.3, -0.25) is 10.1 Å².